The second-order valence-electron chi connectivity index (χ2n) is 8.24. The number of rotatable bonds is 11. The Morgan fingerprint density at radius 2 is 2.00 bits per heavy atom. The fourth-order valence-electron chi connectivity index (χ4n) is 3.28. The number of aromatic nitrogens is 2. The van der Waals surface area contributed by atoms with Crippen molar-refractivity contribution in [3.8, 4) is 0 Å². The zero-order valence-electron chi connectivity index (χ0n) is 17.9. The van der Waals surface area contributed by atoms with Gasteiger partial charge in [-0.05, 0) is 58.7 Å². The van der Waals surface area contributed by atoms with Crippen LogP contribution < -0.4 is 5.32 Å². The van der Waals surface area contributed by atoms with Gasteiger partial charge in [-0.1, -0.05) is 19.1 Å². The van der Waals surface area contributed by atoms with Crippen LogP contribution in [-0.2, 0) is 27.3 Å². The Morgan fingerprint density at radius 3 is 2.66 bits per heavy atom. The molecule has 0 aliphatic rings. The molecular weight excluding hydrogens is 370 g/mol. The number of para-hydroxylation sites is 2. The summed E-state index contributed by atoms with van der Waals surface area (Å²) in [5, 5.41) is 12.6. The lowest BCUT2D eigenvalue weighted by Gasteiger charge is -2.19. The second-order valence-corrected chi connectivity index (χ2v) is 8.24. The summed E-state index contributed by atoms with van der Waals surface area (Å²) < 4.78 is 7.45. The molecule has 1 aromatic carbocycles. The number of carboxylic acids is 1. The summed E-state index contributed by atoms with van der Waals surface area (Å²) in [6.07, 6.45) is 2.80. The zero-order valence-corrected chi connectivity index (χ0v) is 17.9. The molecule has 0 aliphatic carbocycles. The SMILES string of the molecule is CCCn1c(CC[C@H](NCCCC(=O)OC(C)(C)C)C(=O)O)nc2ccccc21. The third-order valence-electron chi connectivity index (χ3n) is 4.50. The lowest BCUT2D eigenvalue weighted by Crippen LogP contribution is -2.38. The summed E-state index contributed by atoms with van der Waals surface area (Å²) in [7, 11) is 0. The number of hydrogen-bond acceptors (Lipinski definition) is 5. The molecule has 29 heavy (non-hydrogen) atoms. The van der Waals surface area contributed by atoms with Crippen LogP contribution >= 0.6 is 0 Å². The molecule has 0 spiro atoms. The van der Waals surface area contributed by atoms with E-state index in [-0.39, 0.29) is 12.4 Å². The fraction of sp³-hybridized carbons (Fsp3) is 0.591. The highest BCUT2D eigenvalue weighted by Crippen LogP contribution is 2.18. The molecule has 7 nitrogen and oxygen atoms in total. The molecule has 0 amide bonds. The van der Waals surface area contributed by atoms with Crippen LogP contribution in [0.2, 0.25) is 0 Å². The van der Waals surface area contributed by atoms with E-state index in [1.807, 2.05) is 45.0 Å². The molecule has 1 heterocycles. The molecule has 0 saturated carbocycles. The van der Waals surface area contributed by atoms with Gasteiger partial charge < -0.3 is 19.7 Å². The number of aliphatic carboxylic acids is 1. The van der Waals surface area contributed by atoms with E-state index in [4.69, 9.17) is 9.72 Å². The van der Waals surface area contributed by atoms with E-state index in [2.05, 4.69) is 16.8 Å². The van der Waals surface area contributed by atoms with E-state index >= 15 is 0 Å². The highest BCUT2D eigenvalue weighted by molar-refractivity contribution is 5.76. The molecule has 0 saturated heterocycles. The Morgan fingerprint density at radius 1 is 1.28 bits per heavy atom. The summed E-state index contributed by atoms with van der Waals surface area (Å²) in [6, 6.07) is 7.30. The van der Waals surface area contributed by atoms with Crippen molar-refractivity contribution >= 4 is 23.0 Å². The van der Waals surface area contributed by atoms with Crippen molar-refractivity contribution in [3.05, 3.63) is 30.1 Å². The lowest BCUT2D eigenvalue weighted by atomic mass is 10.1. The number of esters is 1. The first-order chi connectivity index (χ1) is 13.7. The normalized spacial score (nSPS) is 12.8. The van der Waals surface area contributed by atoms with E-state index < -0.39 is 17.6 Å². The Balaban J connectivity index is 1.90. The first-order valence-corrected chi connectivity index (χ1v) is 10.3. The number of fused-ring (bicyclic) bond motifs is 1. The maximum atomic E-state index is 11.8. The number of carbonyl (C=O) groups excluding carboxylic acids is 1. The van der Waals surface area contributed by atoms with E-state index in [1.54, 1.807) is 0 Å². The third kappa shape index (κ3) is 7.16. The van der Waals surface area contributed by atoms with E-state index in [9.17, 15) is 14.7 Å². The molecule has 2 N–H and O–H groups in total. The van der Waals surface area contributed by atoms with Crippen molar-refractivity contribution in [2.24, 2.45) is 0 Å². The quantitative estimate of drug-likeness (QED) is 0.440. The summed E-state index contributed by atoms with van der Waals surface area (Å²) in [5.41, 5.74) is 1.52. The molecule has 0 aliphatic heterocycles. The zero-order chi connectivity index (χ0) is 21.4. The van der Waals surface area contributed by atoms with Crippen LogP contribution in [0, 0.1) is 0 Å². The van der Waals surface area contributed by atoms with Gasteiger partial charge in [0.1, 0.15) is 17.5 Å². The topological polar surface area (TPSA) is 93.5 Å². The average molecular weight is 404 g/mol. The highest BCUT2D eigenvalue weighted by atomic mass is 16.6. The third-order valence-corrected chi connectivity index (χ3v) is 4.50. The second kappa shape index (κ2) is 10.4. The molecule has 7 heteroatoms. The summed E-state index contributed by atoms with van der Waals surface area (Å²) in [6.45, 7) is 8.91. The summed E-state index contributed by atoms with van der Waals surface area (Å²) >= 11 is 0. The lowest BCUT2D eigenvalue weighted by molar-refractivity contribution is -0.154. The predicted molar refractivity (Wildman–Crippen MR) is 113 cm³/mol. The smallest absolute Gasteiger partial charge is 0.320 e. The molecule has 160 valence electrons. The van der Waals surface area contributed by atoms with Crippen molar-refractivity contribution < 1.29 is 19.4 Å². The van der Waals surface area contributed by atoms with Crippen molar-refractivity contribution in [1.29, 1.82) is 0 Å². The number of carbonyl (C=O) groups is 2. The number of nitrogens with one attached hydrogen (secondary N) is 1. The van der Waals surface area contributed by atoms with Gasteiger partial charge in [-0.25, -0.2) is 4.98 Å². The van der Waals surface area contributed by atoms with Crippen LogP contribution in [0.4, 0.5) is 0 Å². The van der Waals surface area contributed by atoms with Gasteiger partial charge in [-0.3, -0.25) is 9.59 Å². The molecule has 1 aromatic heterocycles. The number of nitrogens with zero attached hydrogens (tertiary/aromatic N) is 2. The number of ether oxygens (including phenoxy) is 1. The maximum Gasteiger partial charge on any atom is 0.320 e. The molecule has 2 aromatic rings. The molecule has 2 rings (SSSR count). The fourth-order valence-corrected chi connectivity index (χ4v) is 3.28. The van der Waals surface area contributed by atoms with Gasteiger partial charge in [-0.15, -0.1) is 0 Å². The largest absolute Gasteiger partial charge is 0.480 e. The maximum absolute atomic E-state index is 11.8. The van der Waals surface area contributed by atoms with Crippen LogP contribution in [0.25, 0.3) is 11.0 Å². The van der Waals surface area contributed by atoms with Gasteiger partial charge >= 0.3 is 11.9 Å². The minimum absolute atomic E-state index is 0.264. The van der Waals surface area contributed by atoms with Gasteiger partial charge in [-0.2, -0.15) is 0 Å². The van der Waals surface area contributed by atoms with E-state index in [1.165, 1.54) is 0 Å². The first kappa shape index (κ1) is 22.9. The number of imidazole rings is 1. The molecule has 1 atom stereocenters. The minimum Gasteiger partial charge on any atom is -0.480 e. The molecular formula is C22H33N3O4. The van der Waals surface area contributed by atoms with Crippen molar-refractivity contribution in [3.63, 3.8) is 0 Å². The van der Waals surface area contributed by atoms with E-state index in [0.29, 0.717) is 25.8 Å². The van der Waals surface area contributed by atoms with Gasteiger partial charge in [0.05, 0.1) is 11.0 Å². The molecule has 0 radical (unpaired) electrons. The average Bonchev–Trinajstić information content (AvgIpc) is 2.97. The van der Waals surface area contributed by atoms with Crippen LogP contribution in [0.3, 0.4) is 0 Å². The minimum atomic E-state index is -0.888. The van der Waals surface area contributed by atoms with E-state index in [0.717, 1.165) is 29.8 Å². The van der Waals surface area contributed by atoms with Gasteiger partial charge in [0, 0.05) is 19.4 Å². The monoisotopic (exact) mass is 403 g/mol. The molecule has 0 unspecified atom stereocenters. The van der Waals surface area contributed by atoms with Crippen LogP contribution in [0.15, 0.2) is 24.3 Å². The molecule has 0 fully saturated rings. The van der Waals surface area contributed by atoms with Gasteiger partial charge in [0.2, 0.25) is 0 Å². The van der Waals surface area contributed by atoms with Gasteiger partial charge in [0.25, 0.3) is 0 Å². The van der Waals surface area contributed by atoms with Crippen molar-refractivity contribution in [2.75, 3.05) is 6.54 Å². The van der Waals surface area contributed by atoms with Crippen molar-refractivity contribution in [2.45, 2.75) is 78.0 Å². The van der Waals surface area contributed by atoms with Crippen molar-refractivity contribution in [1.82, 2.24) is 14.9 Å². The Hall–Kier alpha value is -2.41. The van der Waals surface area contributed by atoms with Crippen LogP contribution in [0.1, 0.15) is 59.2 Å². The highest BCUT2D eigenvalue weighted by Gasteiger charge is 2.20. The standard InChI is InChI=1S/C22H33N3O4/c1-5-15-25-18-10-7-6-9-16(18)24-19(25)13-12-17(21(27)28)23-14-8-11-20(26)29-22(2,3)4/h6-7,9-10,17,23H,5,8,11-15H2,1-4H3,(H,27,28)/t17-/m0/s1. The summed E-state index contributed by atoms with van der Waals surface area (Å²) in [4.78, 5) is 28.1. The number of hydrogen-bond donors (Lipinski definition) is 2. The Labute approximate surface area is 172 Å². The number of aryl methyl sites for hydroxylation is 2. The Bertz CT molecular complexity index is 823. The number of benzene rings is 1. The van der Waals surface area contributed by atoms with Crippen LogP contribution in [-0.4, -0.2) is 44.8 Å². The molecule has 0 bridgehead atoms. The number of carboxylic acid groups (broad SMARTS) is 1. The summed E-state index contributed by atoms with van der Waals surface area (Å²) in [5.74, 6) is -0.241. The van der Waals surface area contributed by atoms with Gasteiger partial charge in [0.15, 0.2) is 0 Å². The predicted octanol–water partition coefficient (Wildman–Crippen LogP) is 3.54. The Kier molecular flexibility index (Phi) is 8.20. The first-order valence-electron chi connectivity index (χ1n) is 10.3. The van der Waals surface area contributed by atoms with Crippen LogP contribution in [0.5, 0.6) is 0 Å².